The van der Waals surface area contributed by atoms with Crippen molar-refractivity contribution in [3.8, 4) is 0 Å². The van der Waals surface area contributed by atoms with Gasteiger partial charge >= 0.3 is 0 Å². The SMILES string of the molecule is Cc1ccc(C)c(Nc2cnnc(N3CCCCCC3)n2)c1. The fourth-order valence-electron chi connectivity index (χ4n) is 2.77. The van der Waals surface area contributed by atoms with Gasteiger partial charge < -0.3 is 10.2 Å². The Labute approximate surface area is 131 Å². The second-order valence-electron chi connectivity index (χ2n) is 5.99. The van der Waals surface area contributed by atoms with E-state index in [0.717, 1.165) is 30.5 Å². The topological polar surface area (TPSA) is 53.9 Å². The minimum atomic E-state index is 0.734. The van der Waals surface area contributed by atoms with E-state index in [-0.39, 0.29) is 0 Å². The molecule has 0 bridgehead atoms. The molecular weight excluding hydrogens is 274 g/mol. The maximum Gasteiger partial charge on any atom is 0.247 e. The Balaban J connectivity index is 1.80. The minimum absolute atomic E-state index is 0.734. The van der Waals surface area contributed by atoms with Crippen LogP contribution in [0.4, 0.5) is 17.5 Å². The first-order valence-corrected chi connectivity index (χ1v) is 8.01. The lowest BCUT2D eigenvalue weighted by Gasteiger charge is -2.20. The second kappa shape index (κ2) is 6.73. The first-order chi connectivity index (χ1) is 10.7. The standard InChI is InChI=1S/C17H23N5/c1-13-7-8-14(2)15(11-13)19-16-12-18-21-17(20-16)22-9-5-3-4-6-10-22/h7-8,11-12H,3-6,9-10H2,1-2H3,(H,19,20,21). The number of aryl methyl sites for hydroxylation is 2. The molecule has 0 atom stereocenters. The molecular formula is C17H23N5. The summed E-state index contributed by atoms with van der Waals surface area (Å²) in [6.07, 6.45) is 6.69. The summed E-state index contributed by atoms with van der Waals surface area (Å²) in [5, 5.41) is 11.7. The molecule has 3 rings (SSSR count). The Morgan fingerprint density at radius 2 is 1.82 bits per heavy atom. The van der Waals surface area contributed by atoms with Crippen molar-refractivity contribution in [3.63, 3.8) is 0 Å². The third kappa shape index (κ3) is 3.53. The van der Waals surface area contributed by atoms with Crippen LogP contribution in [0, 0.1) is 13.8 Å². The van der Waals surface area contributed by atoms with Gasteiger partial charge in [-0.1, -0.05) is 25.0 Å². The molecule has 1 aromatic heterocycles. The van der Waals surface area contributed by atoms with E-state index < -0.39 is 0 Å². The minimum Gasteiger partial charge on any atom is -0.339 e. The summed E-state index contributed by atoms with van der Waals surface area (Å²) in [5.74, 6) is 1.49. The number of hydrogen-bond acceptors (Lipinski definition) is 5. The summed E-state index contributed by atoms with van der Waals surface area (Å²) in [4.78, 5) is 6.89. The van der Waals surface area contributed by atoms with Crippen molar-refractivity contribution in [2.24, 2.45) is 0 Å². The molecule has 0 unspecified atom stereocenters. The molecule has 1 saturated heterocycles. The maximum absolute atomic E-state index is 4.65. The van der Waals surface area contributed by atoms with Crippen LogP contribution in [0.5, 0.6) is 0 Å². The number of nitrogens with zero attached hydrogens (tertiary/aromatic N) is 4. The highest BCUT2D eigenvalue weighted by molar-refractivity contribution is 5.61. The molecule has 2 heterocycles. The predicted octanol–water partition coefficient (Wildman–Crippen LogP) is 3.61. The lowest BCUT2D eigenvalue weighted by atomic mass is 10.1. The van der Waals surface area contributed by atoms with Crippen molar-refractivity contribution in [1.82, 2.24) is 15.2 Å². The highest BCUT2D eigenvalue weighted by Crippen LogP contribution is 2.22. The average molecular weight is 297 g/mol. The van der Waals surface area contributed by atoms with Gasteiger partial charge in [-0.05, 0) is 43.9 Å². The van der Waals surface area contributed by atoms with E-state index in [2.05, 4.69) is 57.4 Å². The molecule has 1 aromatic carbocycles. The van der Waals surface area contributed by atoms with Gasteiger partial charge in [-0.25, -0.2) is 0 Å². The Morgan fingerprint density at radius 3 is 2.59 bits per heavy atom. The quantitative estimate of drug-likeness (QED) is 0.938. The normalized spacial score (nSPS) is 15.5. The third-order valence-electron chi connectivity index (χ3n) is 4.09. The highest BCUT2D eigenvalue weighted by atomic mass is 15.3. The second-order valence-corrected chi connectivity index (χ2v) is 5.99. The largest absolute Gasteiger partial charge is 0.339 e. The molecule has 0 saturated carbocycles. The molecule has 5 heteroatoms. The maximum atomic E-state index is 4.65. The Bertz CT molecular complexity index is 633. The van der Waals surface area contributed by atoms with Gasteiger partial charge in [0.1, 0.15) is 0 Å². The van der Waals surface area contributed by atoms with Gasteiger partial charge in [0.25, 0.3) is 0 Å². The van der Waals surface area contributed by atoms with Crippen LogP contribution in [-0.4, -0.2) is 28.3 Å². The predicted molar refractivity (Wildman–Crippen MR) is 89.7 cm³/mol. The fraction of sp³-hybridized carbons (Fsp3) is 0.471. The Morgan fingerprint density at radius 1 is 1.05 bits per heavy atom. The molecule has 22 heavy (non-hydrogen) atoms. The van der Waals surface area contributed by atoms with Gasteiger partial charge in [-0.3, -0.25) is 0 Å². The van der Waals surface area contributed by atoms with E-state index in [1.165, 1.54) is 36.8 Å². The molecule has 116 valence electrons. The van der Waals surface area contributed by atoms with Crippen LogP contribution in [-0.2, 0) is 0 Å². The average Bonchev–Trinajstić information content (AvgIpc) is 2.80. The summed E-state index contributed by atoms with van der Waals surface area (Å²) < 4.78 is 0. The molecule has 0 radical (unpaired) electrons. The smallest absolute Gasteiger partial charge is 0.247 e. The molecule has 1 N–H and O–H groups in total. The number of nitrogens with one attached hydrogen (secondary N) is 1. The lowest BCUT2D eigenvalue weighted by Crippen LogP contribution is -2.26. The van der Waals surface area contributed by atoms with Gasteiger partial charge in [-0.2, -0.15) is 10.1 Å². The van der Waals surface area contributed by atoms with Gasteiger partial charge in [0.15, 0.2) is 5.82 Å². The zero-order chi connectivity index (χ0) is 15.4. The van der Waals surface area contributed by atoms with E-state index in [4.69, 9.17) is 0 Å². The number of anilines is 3. The zero-order valence-corrected chi connectivity index (χ0v) is 13.3. The summed E-state index contributed by atoms with van der Waals surface area (Å²) in [6, 6.07) is 6.35. The summed E-state index contributed by atoms with van der Waals surface area (Å²) >= 11 is 0. The summed E-state index contributed by atoms with van der Waals surface area (Å²) in [6.45, 7) is 6.22. The van der Waals surface area contributed by atoms with Crippen molar-refractivity contribution in [3.05, 3.63) is 35.5 Å². The van der Waals surface area contributed by atoms with Crippen molar-refractivity contribution in [2.45, 2.75) is 39.5 Å². The first kappa shape index (κ1) is 14.8. The monoisotopic (exact) mass is 297 g/mol. The number of aromatic nitrogens is 3. The molecule has 0 spiro atoms. The van der Waals surface area contributed by atoms with Crippen LogP contribution in [0.25, 0.3) is 0 Å². The first-order valence-electron chi connectivity index (χ1n) is 8.01. The van der Waals surface area contributed by atoms with E-state index in [1.807, 2.05) is 0 Å². The fourth-order valence-corrected chi connectivity index (χ4v) is 2.77. The van der Waals surface area contributed by atoms with E-state index in [1.54, 1.807) is 6.20 Å². The van der Waals surface area contributed by atoms with Crippen LogP contribution in [0.2, 0.25) is 0 Å². The van der Waals surface area contributed by atoms with Gasteiger partial charge in [0, 0.05) is 18.8 Å². The molecule has 1 fully saturated rings. The van der Waals surface area contributed by atoms with Gasteiger partial charge in [-0.15, -0.1) is 5.10 Å². The van der Waals surface area contributed by atoms with Crippen LogP contribution in [0.3, 0.4) is 0 Å². The van der Waals surface area contributed by atoms with Crippen LogP contribution >= 0.6 is 0 Å². The van der Waals surface area contributed by atoms with Gasteiger partial charge in [0.05, 0.1) is 6.20 Å². The number of benzene rings is 1. The number of hydrogen-bond donors (Lipinski definition) is 1. The van der Waals surface area contributed by atoms with Crippen molar-refractivity contribution in [2.75, 3.05) is 23.3 Å². The van der Waals surface area contributed by atoms with Gasteiger partial charge in [0.2, 0.25) is 5.95 Å². The highest BCUT2D eigenvalue weighted by Gasteiger charge is 2.13. The molecule has 1 aliphatic rings. The third-order valence-corrected chi connectivity index (χ3v) is 4.09. The van der Waals surface area contributed by atoms with E-state index >= 15 is 0 Å². The zero-order valence-electron chi connectivity index (χ0n) is 13.3. The molecule has 5 nitrogen and oxygen atoms in total. The van der Waals surface area contributed by atoms with Crippen LogP contribution in [0.15, 0.2) is 24.4 Å². The Kier molecular flexibility index (Phi) is 4.51. The van der Waals surface area contributed by atoms with Crippen molar-refractivity contribution < 1.29 is 0 Å². The summed E-state index contributed by atoms with van der Waals surface area (Å²) in [7, 11) is 0. The molecule has 0 aliphatic carbocycles. The molecule has 0 amide bonds. The Hall–Kier alpha value is -2.17. The number of rotatable bonds is 3. The van der Waals surface area contributed by atoms with E-state index in [0.29, 0.717) is 0 Å². The van der Waals surface area contributed by atoms with Crippen LogP contribution < -0.4 is 10.2 Å². The van der Waals surface area contributed by atoms with Crippen LogP contribution in [0.1, 0.15) is 36.8 Å². The van der Waals surface area contributed by atoms with Crippen molar-refractivity contribution in [1.29, 1.82) is 0 Å². The summed E-state index contributed by atoms with van der Waals surface area (Å²) in [5.41, 5.74) is 3.49. The van der Waals surface area contributed by atoms with E-state index in [9.17, 15) is 0 Å². The van der Waals surface area contributed by atoms with Crippen molar-refractivity contribution >= 4 is 17.5 Å². The molecule has 2 aromatic rings. The molecule has 1 aliphatic heterocycles. The lowest BCUT2D eigenvalue weighted by molar-refractivity contribution is 0.726.